The molecule has 0 aliphatic heterocycles. The summed E-state index contributed by atoms with van der Waals surface area (Å²) in [5.74, 6) is 0. The average Bonchev–Trinajstić information content (AvgIpc) is 2.57. The van der Waals surface area contributed by atoms with Gasteiger partial charge in [0.1, 0.15) is 0 Å². The van der Waals surface area contributed by atoms with Crippen molar-refractivity contribution in [2.75, 3.05) is 0 Å². The molecule has 4 N–H and O–H groups in total. The van der Waals surface area contributed by atoms with Gasteiger partial charge in [0, 0.05) is 19.0 Å². The standard InChI is InChI=1S/C6H6B2O4S2/c9-7(10)5-1-3-4(14-5)2-6(13-3)8(11)12/h1-2,9-12H. The highest BCUT2D eigenvalue weighted by atomic mass is 32.1. The molecule has 0 saturated heterocycles. The summed E-state index contributed by atoms with van der Waals surface area (Å²) in [7, 11) is -2.91. The predicted octanol–water partition coefficient (Wildman–Crippen LogP) is -1.68. The van der Waals surface area contributed by atoms with E-state index < -0.39 is 14.2 Å². The molecule has 2 aromatic rings. The van der Waals surface area contributed by atoms with Crippen molar-refractivity contribution in [3.05, 3.63) is 12.1 Å². The predicted molar refractivity (Wildman–Crippen MR) is 59.4 cm³/mol. The van der Waals surface area contributed by atoms with Crippen LogP contribution in [-0.4, -0.2) is 34.3 Å². The van der Waals surface area contributed by atoms with Crippen LogP contribution < -0.4 is 9.55 Å². The third kappa shape index (κ3) is 1.72. The Hall–Kier alpha value is -0.370. The van der Waals surface area contributed by atoms with Crippen molar-refractivity contribution in [2.45, 2.75) is 0 Å². The Kier molecular flexibility index (Phi) is 2.65. The van der Waals surface area contributed by atoms with E-state index in [1.54, 1.807) is 12.1 Å². The molecule has 4 nitrogen and oxygen atoms in total. The zero-order valence-corrected chi connectivity index (χ0v) is 8.55. The molecule has 2 heterocycles. The minimum atomic E-state index is -1.46. The molecule has 0 atom stereocenters. The SMILES string of the molecule is OB(O)c1cc2sc(B(O)O)cc2s1. The van der Waals surface area contributed by atoms with Gasteiger partial charge in [0.25, 0.3) is 0 Å². The summed E-state index contributed by atoms with van der Waals surface area (Å²) >= 11 is 2.46. The van der Waals surface area contributed by atoms with Gasteiger partial charge in [-0.2, -0.15) is 0 Å². The minimum Gasteiger partial charge on any atom is -0.423 e. The molecule has 0 aromatic carbocycles. The van der Waals surface area contributed by atoms with Crippen molar-refractivity contribution in [1.82, 2.24) is 0 Å². The highest BCUT2D eigenvalue weighted by Crippen LogP contribution is 2.23. The maximum absolute atomic E-state index is 8.89. The smallest absolute Gasteiger partial charge is 0.423 e. The Morgan fingerprint density at radius 1 is 0.786 bits per heavy atom. The molecular weight excluding hydrogens is 222 g/mol. The Balaban J connectivity index is 2.45. The molecule has 14 heavy (non-hydrogen) atoms. The van der Waals surface area contributed by atoms with Crippen molar-refractivity contribution in [2.24, 2.45) is 0 Å². The zero-order valence-electron chi connectivity index (χ0n) is 6.91. The lowest BCUT2D eigenvalue weighted by molar-refractivity contribution is 0.425. The van der Waals surface area contributed by atoms with Crippen LogP contribution in [0.5, 0.6) is 0 Å². The third-order valence-electron chi connectivity index (χ3n) is 1.75. The summed E-state index contributed by atoms with van der Waals surface area (Å²) in [5, 5.41) is 35.6. The van der Waals surface area contributed by atoms with Crippen molar-refractivity contribution in [1.29, 1.82) is 0 Å². The number of rotatable bonds is 2. The van der Waals surface area contributed by atoms with Gasteiger partial charge in [-0.1, -0.05) is 0 Å². The van der Waals surface area contributed by atoms with Gasteiger partial charge in [0.05, 0.1) is 0 Å². The van der Waals surface area contributed by atoms with E-state index in [1.807, 2.05) is 0 Å². The van der Waals surface area contributed by atoms with Crippen molar-refractivity contribution in [3.8, 4) is 0 Å². The van der Waals surface area contributed by atoms with Crippen LogP contribution in [0, 0.1) is 0 Å². The van der Waals surface area contributed by atoms with Gasteiger partial charge < -0.3 is 20.1 Å². The summed E-state index contributed by atoms with van der Waals surface area (Å²) in [6, 6.07) is 3.28. The van der Waals surface area contributed by atoms with Gasteiger partial charge in [-0.05, 0) is 12.1 Å². The fourth-order valence-electron chi connectivity index (χ4n) is 1.13. The van der Waals surface area contributed by atoms with Crippen molar-refractivity contribution < 1.29 is 20.1 Å². The van der Waals surface area contributed by atoms with Crippen molar-refractivity contribution in [3.63, 3.8) is 0 Å². The first-order valence-corrected chi connectivity index (χ1v) is 5.46. The molecule has 8 heteroatoms. The fourth-order valence-corrected chi connectivity index (χ4v) is 3.29. The van der Waals surface area contributed by atoms with E-state index in [2.05, 4.69) is 0 Å². The summed E-state index contributed by atoms with van der Waals surface area (Å²) in [5.41, 5.74) is 0. The topological polar surface area (TPSA) is 80.9 Å². The van der Waals surface area contributed by atoms with Gasteiger partial charge in [-0.3, -0.25) is 0 Å². The molecule has 0 saturated carbocycles. The van der Waals surface area contributed by atoms with Crippen LogP contribution in [0.2, 0.25) is 0 Å². The average molecular weight is 228 g/mol. The highest BCUT2D eigenvalue weighted by molar-refractivity contribution is 7.36. The normalized spacial score (nSPS) is 10.9. The van der Waals surface area contributed by atoms with E-state index in [0.717, 1.165) is 9.40 Å². The van der Waals surface area contributed by atoms with Crippen LogP contribution in [0.4, 0.5) is 0 Å². The van der Waals surface area contributed by atoms with Crippen LogP contribution in [0.1, 0.15) is 0 Å². The molecule has 0 amide bonds. The monoisotopic (exact) mass is 228 g/mol. The molecule has 0 aliphatic carbocycles. The molecule has 0 spiro atoms. The van der Waals surface area contributed by atoms with E-state index in [-0.39, 0.29) is 0 Å². The number of hydrogen-bond acceptors (Lipinski definition) is 6. The summed E-state index contributed by atoms with van der Waals surface area (Å²) in [6.07, 6.45) is 0. The molecule has 0 radical (unpaired) electrons. The quantitative estimate of drug-likeness (QED) is 0.463. The first kappa shape index (κ1) is 10.2. The lowest BCUT2D eigenvalue weighted by Crippen LogP contribution is -2.27. The second-order valence-corrected chi connectivity index (χ2v) is 5.00. The molecule has 72 valence electrons. The van der Waals surface area contributed by atoms with Gasteiger partial charge >= 0.3 is 14.2 Å². The minimum absolute atomic E-state index is 0.463. The van der Waals surface area contributed by atoms with E-state index in [1.165, 1.54) is 22.7 Å². The van der Waals surface area contributed by atoms with Crippen LogP contribution in [0.15, 0.2) is 12.1 Å². The number of fused-ring (bicyclic) bond motifs is 1. The van der Waals surface area contributed by atoms with E-state index in [4.69, 9.17) is 20.1 Å². The van der Waals surface area contributed by atoms with Crippen LogP contribution in [0.3, 0.4) is 0 Å². The molecule has 0 bridgehead atoms. The summed E-state index contributed by atoms with van der Waals surface area (Å²) in [4.78, 5) is 0. The van der Waals surface area contributed by atoms with Crippen LogP contribution in [0.25, 0.3) is 9.40 Å². The second-order valence-electron chi connectivity index (χ2n) is 2.77. The largest absolute Gasteiger partial charge is 0.499 e. The van der Waals surface area contributed by atoms with E-state index >= 15 is 0 Å². The van der Waals surface area contributed by atoms with Gasteiger partial charge in [0.2, 0.25) is 0 Å². The highest BCUT2D eigenvalue weighted by Gasteiger charge is 2.19. The molecule has 2 aromatic heterocycles. The Morgan fingerprint density at radius 3 is 1.43 bits per heavy atom. The zero-order chi connectivity index (χ0) is 10.3. The summed E-state index contributed by atoms with van der Waals surface area (Å²) < 4.78 is 2.60. The Morgan fingerprint density at radius 2 is 1.14 bits per heavy atom. The van der Waals surface area contributed by atoms with Crippen molar-refractivity contribution >= 4 is 55.9 Å². The summed E-state index contributed by atoms with van der Waals surface area (Å²) in [6.45, 7) is 0. The molecule has 2 rings (SSSR count). The van der Waals surface area contributed by atoms with E-state index in [0.29, 0.717) is 9.55 Å². The number of thiophene rings is 2. The maximum atomic E-state index is 8.89. The number of hydrogen-bond donors (Lipinski definition) is 4. The Bertz CT molecular complexity index is 381. The molecule has 0 unspecified atom stereocenters. The molecule has 0 aliphatic rings. The Labute approximate surface area is 88.4 Å². The first-order chi connectivity index (χ1) is 6.58. The molecule has 0 fully saturated rings. The third-order valence-corrected chi connectivity index (χ3v) is 4.13. The van der Waals surface area contributed by atoms with Gasteiger partial charge in [-0.25, -0.2) is 0 Å². The van der Waals surface area contributed by atoms with Gasteiger partial charge in [-0.15, -0.1) is 22.7 Å². The lowest BCUT2D eigenvalue weighted by atomic mass is 9.89. The maximum Gasteiger partial charge on any atom is 0.499 e. The lowest BCUT2D eigenvalue weighted by Gasteiger charge is -1.91. The van der Waals surface area contributed by atoms with Gasteiger partial charge in [0.15, 0.2) is 0 Å². The van der Waals surface area contributed by atoms with E-state index in [9.17, 15) is 0 Å². The fraction of sp³-hybridized carbons (Fsp3) is 0. The van der Waals surface area contributed by atoms with Crippen LogP contribution >= 0.6 is 22.7 Å². The molecular formula is C6H6B2O4S2. The second kappa shape index (κ2) is 3.65. The first-order valence-electron chi connectivity index (χ1n) is 3.83. The van der Waals surface area contributed by atoms with Crippen LogP contribution in [-0.2, 0) is 0 Å².